The zero-order valence-corrected chi connectivity index (χ0v) is 14.4. The van der Waals surface area contributed by atoms with Crippen molar-refractivity contribution in [2.45, 2.75) is 31.5 Å². The van der Waals surface area contributed by atoms with Crippen molar-refractivity contribution in [3.8, 4) is 0 Å². The molecule has 2 amide bonds. The van der Waals surface area contributed by atoms with Crippen LogP contribution in [0.2, 0.25) is 0 Å². The second kappa shape index (κ2) is 7.19. The van der Waals surface area contributed by atoms with Crippen molar-refractivity contribution < 1.29 is 9.21 Å². The Morgan fingerprint density at radius 3 is 2.78 bits per heavy atom. The largest absolute Gasteiger partial charge is 0.467 e. The Labute approximate surface area is 140 Å². The van der Waals surface area contributed by atoms with E-state index in [1.54, 1.807) is 17.6 Å². The number of hydrogen-bond acceptors (Lipinski definition) is 4. The highest BCUT2D eigenvalue weighted by atomic mass is 32.1. The number of amides is 2. The summed E-state index contributed by atoms with van der Waals surface area (Å²) in [6, 6.07) is 8.47. The topological polar surface area (TPSA) is 48.7 Å². The van der Waals surface area contributed by atoms with E-state index in [-0.39, 0.29) is 12.1 Å². The first-order valence-electron chi connectivity index (χ1n) is 7.92. The van der Waals surface area contributed by atoms with Gasteiger partial charge in [0.1, 0.15) is 5.76 Å². The lowest BCUT2D eigenvalue weighted by atomic mass is 10.2. The highest BCUT2D eigenvalue weighted by Crippen LogP contribution is 2.29. The van der Waals surface area contributed by atoms with E-state index in [0.29, 0.717) is 19.1 Å². The third kappa shape index (κ3) is 4.14. The maximum absolute atomic E-state index is 12.6. The lowest BCUT2D eigenvalue weighted by molar-refractivity contribution is 0.182. The van der Waals surface area contributed by atoms with Crippen LogP contribution in [0.4, 0.5) is 4.79 Å². The molecular formula is C17H23N3O2S. The lowest BCUT2D eigenvalue weighted by Gasteiger charge is -2.26. The third-order valence-electron chi connectivity index (χ3n) is 4.10. The minimum absolute atomic E-state index is 0.00712. The van der Waals surface area contributed by atoms with E-state index in [1.165, 1.54) is 4.88 Å². The summed E-state index contributed by atoms with van der Waals surface area (Å²) in [7, 11) is 4.08. The standard InChI is InChI=1S/C17H23N3O2S/c1-19(2)15(16-6-4-10-23-16)11-18-17(21)20(13-7-8-13)12-14-5-3-9-22-14/h3-6,9-10,13,15H,7-8,11-12H2,1-2H3,(H,18,21)/t15-/m1/s1. The molecule has 124 valence electrons. The summed E-state index contributed by atoms with van der Waals surface area (Å²) in [5, 5.41) is 5.17. The van der Waals surface area contributed by atoms with Crippen molar-refractivity contribution in [3.05, 3.63) is 46.5 Å². The van der Waals surface area contributed by atoms with Gasteiger partial charge in [0.15, 0.2) is 0 Å². The van der Waals surface area contributed by atoms with Crippen LogP contribution in [0.5, 0.6) is 0 Å². The Morgan fingerprint density at radius 1 is 1.39 bits per heavy atom. The first-order chi connectivity index (χ1) is 11.1. The van der Waals surface area contributed by atoms with Gasteiger partial charge in [-0.05, 0) is 50.5 Å². The summed E-state index contributed by atoms with van der Waals surface area (Å²) in [5.74, 6) is 0.828. The van der Waals surface area contributed by atoms with Crippen LogP contribution >= 0.6 is 11.3 Å². The average molecular weight is 333 g/mol. The Bertz CT molecular complexity index is 606. The van der Waals surface area contributed by atoms with Crippen LogP contribution in [0.3, 0.4) is 0 Å². The number of carbonyl (C=O) groups is 1. The Kier molecular flexibility index (Phi) is 5.03. The molecule has 0 spiro atoms. The number of nitrogens with zero attached hydrogens (tertiary/aromatic N) is 2. The number of thiophene rings is 1. The molecule has 0 saturated heterocycles. The number of carbonyl (C=O) groups excluding carboxylic acids is 1. The molecule has 2 aromatic heterocycles. The van der Waals surface area contributed by atoms with Crippen molar-refractivity contribution in [1.82, 2.24) is 15.1 Å². The number of furan rings is 1. The zero-order chi connectivity index (χ0) is 16.2. The highest BCUT2D eigenvalue weighted by molar-refractivity contribution is 7.10. The SMILES string of the molecule is CN(C)[C@H](CNC(=O)N(Cc1ccco1)C1CC1)c1cccs1. The van der Waals surface area contributed by atoms with Gasteiger partial charge in [-0.3, -0.25) is 0 Å². The molecule has 1 fully saturated rings. The molecule has 1 atom stereocenters. The normalized spacial score (nSPS) is 15.6. The molecule has 1 N–H and O–H groups in total. The maximum atomic E-state index is 12.6. The Balaban J connectivity index is 1.60. The van der Waals surface area contributed by atoms with Crippen molar-refractivity contribution in [1.29, 1.82) is 0 Å². The van der Waals surface area contributed by atoms with Gasteiger partial charge in [-0.15, -0.1) is 11.3 Å². The molecule has 1 aliphatic rings. The molecule has 0 unspecified atom stereocenters. The fraction of sp³-hybridized carbons (Fsp3) is 0.471. The second-order valence-electron chi connectivity index (χ2n) is 6.12. The average Bonchev–Trinajstić information content (AvgIpc) is 3.01. The zero-order valence-electron chi connectivity index (χ0n) is 13.6. The number of hydrogen-bond donors (Lipinski definition) is 1. The third-order valence-corrected chi connectivity index (χ3v) is 5.07. The fourth-order valence-electron chi connectivity index (χ4n) is 2.63. The van der Waals surface area contributed by atoms with Crippen LogP contribution in [0.1, 0.15) is 29.5 Å². The van der Waals surface area contributed by atoms with Gasteiger partial charge in [0, 0.05) is 17.5 Å². The van der Waals surface area contributed by atoms with Crippen molar-refractivity contribution in [3.63, 3.8) is 0 Å². The van der Waals surface area contributed by atoms with Gasteiger partial charge in [0.05, 0.1) is 18.8 Å². The molecule has 0 aromatic carbocycles. The van der Waals surface area contributed by atoms with Crippen LogP contribution in [0.25, 0.3) is 0 Å². The summed E-state index contributed by atoms with van der Waals surface area (Å²) in [6.07, 6.45) is 3.81. The van der Waals surface area contributed by atoms with E-state index in [4.69, 9.17) is 4.42 Å². The lowest BCUT2D eigenvalue weighted by Crippen LogP contribution is -2.43. The van der Waals surface area contributed by atoms with Crippen LogP contribution in [-0.2, 0) is 6.54 Å². The Morgan fingerprint density at radius 2 is 2.22 bits per heavy atom. The van der Waals surface area contributed by atoms with Gasteiger partial charge in [-0.1, -0.05) is 6.07 Å². The predicted molar refractivity (Wildman–Crippen MR) is 91.4 cm³/mol. The smallest absolute Gasteiger partial charge is 0.318 e. The second-order valence-corrected chi connectivity index (χ2v) is 7.10. The number of urea groups is 1. The molecule has 0 bridgehead atoms. The molecule has 1 saturated carbocycles. The predicted octanol–water partition coefficient (Wildman–Crippen LogP) is 3.32. The van der Waals surface area contributed by atoms with Gasteiger partial charge in [0.2, 0.25) is 0 Å². The first kappa shape index (κ1) is 16.1. The molecule has 23 heavy (non-hydrogen) atoms. The van der Waals surface area contributed by atoms with Gasteiger partial charge < -0.3 is 19.5 Å². The maximum Gasteiger partial charge on any atom is 0.318 e. The van der Waals surface area contributed by atoms with Crippen molar-refractivity contribution in [2.75, 3.05) is 20.6 Å². The molecule has 3 rings (SSSR count). The summed E-state index contributed by atoms with van der Waals surface area (Å²) in [6.45, 7) is 1.14. The molecule has 0 aliphatic heterocycles. The monoisotopic (exact) mass is 333 g/mol. The van der Waals surface area contributed by atoms with E-state index in [2.05, 4.69) is 21.7 Å². The fourth-order valence-corrected chi connectivity index (χ4v) is 3.55. The van der Waals surface area contributed by atoms with E-state index in [0.717, 1.165) is 18.6 Å². The van der Waals surface area contributed by atoms with Crippen LogP contribution in [0.15, 0.2) is 40.3 Å². The summed E-state index contributed by atoms with van der Waals surface area (Å²) >= 11 is 1.72. The van der Waals surface area contributed by atoms with Crippen molar-refractivity contribution >= 4 is 17.4 Å². The molecule has 1 aliphatic carbocycles. The summed E-state index contributed by atoms with van der Waals surface area (Å²) in [5.41, 5.74) is 0. The molecule has 5 nitrogen and oxygen atoms in total. The molecule has 2 aromatic rings. The molecule has 0 radical (unpaired) electrons. The van der Waals surface area contributed by atoms with Crippen LogP contribution in [-0.4, -0.2) is 42.5 Å². The first-order valence-corrected chi connectivity index (χ1v) is 8.80. The number of likely N-dealkylation sites (N-methyl/N-ethyl adjacent to an activating group) is 1. The molecular weight excluding hydrogens is 310 g/mol. The van der Waals surface area contributed by atoms with Gasteiger partial charge in [-0.2, -0.15) is 0 Å². The number of nitrogens with one attached hydrogen (secondary N) is 1. The quantitative estimate of drug-likeness (QED) is 0.845. The van der Waals surface area contributed by atoms with Crippen LogP contribution < -0.4 is 5.32 Å². The van der Waals surface area contributed by atoms with Gasteiger partial charge >= 0.3 is 6.03 Å². The van der Waals surface area contributed by atoms with E-state index in [9.17, 15) is 4.79 Å². The van der Waals surface area contributed by atoms with Gasteiger partial charge in [-0.25, -0.2) is 4.79 Å². The van der Waals surface area contributed by atoms with Crippen LogP contribution in [0, 0.1) is 0 Å². The van der Waals surface area contributed by atoms with Crippen molar-refractivity contribution in [2.24, 2.45) is 0 Å². The molecule has 6 heteroatoms. The minimum Gasteiger partial charge on any atom is -0.467 e. The van der Waals surface area contributed by atoms with E-state index >= 15 is 0 Å². The number of rotatable bonds is 7. The molecule has 2 heterocycles. The highest BCUT2D eigenvalue weighted by Gasteiger charge is 2.33. The van der Waals surface area contributed by atoms with Gasteiger partial charge in [0.25, 0.3) is 0 Å². The van der Waals surface area contributed by atoms with E-state index < -0.39 is 0 Å². The Hall–Kier alpha value is -1.79. The minimum atomic E-state index is -0.00712. The summed E-state index contributed by atoms with van der Waals surface area (Å²) in [4.78, 5) is 17.9. The summed E-state index contributed by atoms with van der Waals surface area (Å²) < 4.78 is 5.39. The van der Waals surface area contributed by atoms with E-state index in [1.807, 2.05) is 37.2 Å².